The number of para-hydroxylation sites is 1. The van der Waals surface area contributed by atoms with Gasteiger partial charge in [-0.25, -0.2) is 4.57 Å². The first-order valence-corrected chi connectivity index (χ1v) is 11.1. The monoisotopic (exact) mass is 420 g/mol. The third-order valence-electron chi connectivity index (χ3n) is 4.74. The van der Waals surface area contributed by atoms with Crippen LogP contribution in [0.1, 0.15) is 5.56 Å². The summed E-state index contributed by atoms with van der Waals surface area (Å²) in [5.74, 6) is 0.952. The van der Waals surface area contributed by atoms with Crippen molar-refractivity contribution in [3.8, 4) is 22.6 Å². The zero-order valence-electron chi connectivity index (χ0n) is 16.1. The highest BCUT2D eigenvalue weighted by atomic mass is 31.2. The van der Waals surface area contributed by atoms with Crippen LogP contribution in [-0.4, -0.2) is 16.4 Å². The van der Waals surface area contributed by atoms with Crippen LogP contribution in [-0.2, 0) is 11.0 Å². The third kappa shape index (κ3) is 4.71. The SMILES string of the molecule is O=P(O)(O)Oc1c(-c2ccccc2)c(CCOc2ccccc2)cc2ccccc12. The second kappa shape index (κ2) is 8.72. The van der Waals surface area contributed by atoms with Gasteiger partial charge in [-0.2, -0.15) is 0 Å². The van der Waals surface area contributed by atoms with Gasteiger partial charge in [0.15, 0.2) is 0 Å². The molecule has 0 aromatic heterocycles. The normalized spacial score (nSPS) is 11.4. The van der Waals surface area contributed by atoms with Gasteiger partial charge in [0.1, 0.15) is 11.5 Å². The minimum atomic E-state index is -4.76. The predicted molar refractivity (Wildman–Crippen MR) is 118 cm³/mol. The van der Waals surface area contributed by atoms with E-state index in [-0.39, 0.29) is 5.75 Å². The van der Waals surface area contributed by atoms with E-state index in [1.165, 1.54) is 0 Å². The Labute approximate surface area is 174 Å². The Balaban J connectivity index is 1.82. The van der Waals surface area contributed by atoms with Crippen LogP contribution >= 0.6 is 7.82 Å². The number of hydrogen-bond acceptors (Lipinski definition) is 3. The second-order valence-corrected chi connectivity index (χ2v) is 7.98. The molecule has 0 saturated heterocycles. The fourth-order valence-corrected chi connectivity index (χ4v) is 3.93. The summed E-state index contributed by atoms with van der Waals surface area (Å²) in [7, 11) is -4.76. The molecule has 5 nitrogen and oxygen atoms in total. The molecule has 6 heteroatoms. The Kier molecular flexibility index (Phi) is 5.86. The lowest BCUT2D eigenvalue weighted by molar-refractivity contribution is 0.284. The summed E-state index contributed by atoms with van der Waals surface area (Å²) in [4.78, 5) is 19.2. The van der Waals surface area contributed by atoms with Crippen LogP contribution in [0.4, 0.5) is 0 Å². The van der Waals surface area contributed by atoms with E-state index in [0.29, 0.717) is 24.0 Å². The highest BCUT2D eigenvalue weighted by Gasteiger charge is 2.24. The molecule has 0 amide bonds. The summed E-state index contributed by atoms with van der Waals surface area (Å²) in [5.41, 5.74) is 2.37. The zero-order valence-corrected chi connectivity index (χ0v) is 17.0. The van der Waals surface area contributed by atoms with Crippen molar-refractivity contribution in [1.82, 2.24) is 0 Å². The molecule has 0 heterocycles. The maximum Gasteiger partial charge on any atom is 0.524 e. The lowest BCUT2D eigenvalue weighted by atomic mass is 9.93. The molecule has 30 heavy (non-hydrogen) atoms. The van der Waals surface area contributed by atoms with E-state index >= 15 is 0 Å². The molecule has 0 aliphatic heterocycles. The Morgan fingerprint density at radius 2 is 1.43 bits per heavy atom. The molecule has 0 spiro atoms. The van der Waals surface area contributed by atoms with Crippen LogP contribution in [0.2, 0.25) is 0 Å². The lowest BCUT2D eigenvalue weighted by Crippen LogP contribution is -2.04. The van der Waals surface area contributed by atoms with Crippen molar-refractivity contribution in [2.45, 2.75) is 6.42 Å². The van der Waals surface area contributed by atoms with Crippen LogP contribution < -0.4 is 9.26 Å². The summed E-state index contributed by atoms with van der Waals surface area (Å²) in [6.45, 7) is 0.414. The van der Waals surface area contributed by atoms with Gasteiger partial charge in [0, 0.05) is 17.4 Å². The molecule has 0 saturated carbocycles. The number of hydrogen-bond donors (Lipinski definition) is 2. The van der Waals surface area contributed by atoms with Gasteiger partial charge >= 0.3 is 7.82 Å². The first-order chi connectivity index (χ1) is 14.5. The molecule has 2 N–H and O–H groups in total. The van der Waals surface area contributed by atoms with Gasteiger partial charge in [0.25, 0.3) is 0 Å². The Morgan fingerprint density at radius 1 is 0.800 bits per heavy atom. The average molecular weight is 420 g/mol. The van der Waals surface area contributed by atoms with E-state index in [0.717, 1.165) is 22.3 Å². The fourth-order valence-electron chi connectivity index (χ4n) is 3.50. The number of rotatable bonds is 7. The minimum absolute atomic E-state index is 0.183. The van der Waals surface area contributed by atoms with Crippen LogP contribution in [0.15, 0.2) is 91.0 Å². The van der Waals surface area contributed by atoms with Crippen molar-refractivity contribution < 1.29 is 23.6 Å². The van der Waals surface area contributed by atoms with E-state index in [2.05, 4.69) is 0 Å². The first-order valence-electron chi connectivity index (χ1n) is 9.54. The largest absolute Gasteiger partial charge is 0.524 e. The summed E-state index contributed by atoms with van der Waals surface area (Å²) < 4.78 is 22.9. The van der Waals surface area contributed by atoms with E-state index in [1.807, 2.05) is 84.9 Å². The molecular weight excluding hydrogens is 399 g/mol. The van der Waals surface area contributed by atoms with Crippen molar-refractivity contribution in [3.63, 3.8) is 0 Å². The van der Waals surface area contributed by atoms with Gasteiger partial charge in [-0.05, 0) is 28.6 Å². The second-order valence-electron chi connectivity index (χ2n) is 6.82. The highest BCUT2D eigenvalue weighted by molar-refractivity contribution is 7.46. The lowest BCUT2D eigenvalue weighted by Gasteiger charge is -2.19. The van der Waals surface area contributed by atoms with Crippen LogP contribution in [0, 0.1) is 0 Å². The maximum atomic E-state index is 11.8. The quantitative estimate of drug-likeness (QED) is 0.381. The summed E-state index contributed by atoms with van der Waals surface area (Å²) in [6, 6.07) is 28.4. The minimum Gasteiger partial charge on any atom is -0.493 e. The summed E-state index contributed by atoms with van der Waals surface area (Å²) in [6.07, 6.45) is 0.543. The molecule has 0 aliphatic carbocycles. The molecular formula is C24H21O5P. The highest BCUT2D eigenvalue weighted by Crippen LogP contribution is 2.47. The van der Waals surface area contributed by atoms with E-state index in [1.54, 1.807) is 6.07 Å². The maximum absolute atomic E-state index is 11.8. The number of phosphoric ester groups is 1. The number of ether oxygens (including phenoxy) is 1. The van der Waals surface area contributed by atoms with Gasteiger partial charge in [0.05, 0.1) is 6.61 Å². The van der Waals surface area contributed by atoms with E-state index < -0.39 is 7.82 Å². The van der Waals surface area contributed by atoms with Crippen molar-refractivity contribution in [1.29, 1.82) is 0 Å². The van der Waals surface area contributed by atoms with Crippen molar-refractivity contribution in [2.75, 3.05) is 6.61 Å². The summed E-state index contributed by atoms with van der Waals surface area (Å²) in [5, 5.41) is 1.49. The van der Waals surface area contributed by atoms with Crippen molar-refractivity contribution >= 4 is 18.6 Å². The van der Waals surface area contributed by atoms with Gasteiger partial charge in [-0.3, -0.25) is 9.79 Å². The molecule has 4 aromatic rings. The molecule has 0 atom stereocenters. The van der Waals surface area contributed by atoms with Crippen molar-refractivity contribution in [2.24, 2.45) is 0 Å². The van der Waals surface area contributed by atoms with Crippen LogP contribution in [0.25, 0.3) is 21.9 Å². The standard InChI is InChI=1S/C24H21O5P/c25-30(26,27)29-24-22-14-8-7-11-19(22)17-20(23(24)18-9-3-1-4-10-18)15-16-28-21-12-5-2-6-13-21/h1-14,17H,15-16H2,(H2,25,26,27). The number of phosphoric acid groups is 1. The van der Waals surface area contributed by atoms with E-state index in [4.69, 9.17) is 9.26 Å². The molecule has 0 fully saturated rings. The molecule has 0 unspecified atom stereocenters. The van der Waals surface area contributed by atoms with Gasteiger partial charge in [-0.1, -0.05) is 78.9 Å². The third-order valence-corrected chi connectivity index (χ3v) is 5.16. The molecule has 4 rings (SSSR count). The molecule has 152 valence electrons. The molecule has 0 aliphatic rings. The first kappa shape index (κ1) is 20.2. The van der Waals surface area contributed by atoms with Gasteiger partial charge in [-0.15, -0.1) is 0 Å². The Bertz CT molecular complexity index is 1190. The van der Waals surface area contributed by atoms with Crippen LogP contribution in [0.5, 0.6) is 11.5 Å². The molecule has 4 aromatic carbocycles. The molecule has 0 bridgehead atoms. The predicted octanol–water partition coefficient (Wildman–Crippen LogP) is 5.60. The number of benzene rings is 4. The van der Waals surface area contributed by atoms with E-state index in [9.17, 15) is 14.4 Å². The Morgan fingerprint density at radius 3 is 2.13 bits per heavy atom. The number of fused-ring (bicyclic) bond motifs is 1. The van der Waals surface area contributed by atoms with Crippen molar-refractivity contribution in [3.05, 3.63) is 96.6 Å². The molecule has 0 radical (unpaired) electrons. The fraction of sp³-hybridized carbons (Fsp3) is 0.0833. The topological polar surface area (TPSA) is 76.0 Å². The van der Waals surface area contributed by atoms with Gasteiger partial charge < -0.3 is 9.26 Å². The summed E-state index contributed by atoms with van der Waals surface area (Å²) >= 11 is 0. The Hall–Kier alpha value is -3.11. The smallest absolute Gasteiger partial charge is 0.493 e. The van der Waals surface area contributed by atoms with Gasteiger partial charge in [0.2, 0.25) is 0 Å². The zero-order chi connectivity index (χ0) is 21.0. The average Bonchev–Trinajstić information content (AvgIpc) is 2.74. The van der Waals surface area contributed by atoms with Crippen LogP contribution in [0.3, 0.4) is 0 Å².